The Kier molecular flexibility index (Phi) is 4.78. The van der Waals surface area contributed by atoms with Gasteiger partial charge < -0.3 is 5.73 Å². The van der Waals surface area contributed by atoms with Gasteiger partial charge >= 0.3 is 0 Å². The van der Waals surface area contributed by atoms with Crippen molar-refractivity contribution in [2.24, 2.45) is 17.1 Å². The molecule has 0 saturated heterocycles. The van der Waals surface area contributed by atoms with Crippen molar-refractivity contribution in [3.05, 3.63) is 0 Å². The van der Waals surface area contributed by atoms with E-state index >= 15 is 0 Å². The van der Waals surface area contributed by atoms with Crippen LogP contribution < -0.4 is 5.73 Å². The van der Waals surface area contributed by atoms with E-state index in [4.69, 9.17) is 5.73 Å². The SMILES string of the molecule is CCC(C)C(=O)CC1(CN)CCCCC1. The number of carbonyl (C=O) groups is 1. The lowest BCUT2D eigenvalue weighted by molar-refractivity contribution is -0.125. The van der Waals surface area contributed by atoms with E-state index in [9.17, 15) is 4.79 Å². The summed E-state index contributed by atoms with van der Waals surface area (Å²) >= 11 is 0. The Bertz CT molecular complexity index is 207. The molecular formula is C13H25NO. The van der Waals surface area contributed by atoms with Gasteiger partial charge in [-0.25, -0.2) is 0 Å². The zero-order valence-electron chi connectivity index (χ0n) is 10.2. The van der Waals surface area contributed by atoms with E-state index in [-0.39, 0.29) is 11.3 Å². The number of ketones is 1. The second-order valence-electron chi connectivity index (χ2n) is 5.22. The van der Waals surface area contributed by atoms with E-state index in [0.29, 0.717) is 12.3 Å². The first-order chi connectivity index (χ1) is 7.13. The first-order valence-corrected chi connectivity index (χ1v) is 6.36. The minimum atomic E-state index is 0.152. The molecule has 1 unspecified atom stereocenters. The molecule has 0 bridgehead atoms. The van der Waals surface area contributed by atoms with Crippen LogP contribution in [0, 0.1) is 11.3 Å². The minimum Gasteiger partial charge on any atom is -0.330 e. The Morgan fingerprint density at radius 1 is 1.33 bits per heavy atom. The predicted octanol–water partition coefficient (Wildman–Crippen LogP) is 2.90. The molecule has 0 amide bonds. The van der Waals surface area contributed by atoms with E-state index in [1.54, 1.807) is 0 Å². The van der Waals surface area contributed by atoms with E-state index in [1.165, 1.54) is 19.3 Å². The molecule has 0 spiro atoms. The van der Waals surface area contributed by atoms with Crippen LogP contribution in [-0.4, -0.2) is 12.3 Å². The van der Waals surface area contributed by atoms with Crippen LogP contribution >= 0.6 is 0 Å². The molecule has 1 aliphatic rings. The summed E-state index contributed by atoms with van der Waals surface area (Å²) in [5, 5.41) is 0. The highest BCUT2D eigenvalue weighted by Crippen LogP contribution is 2.39. The molecule has 2 N–H and O–H groups in total. The van der Waals surface area contributed by atoms with Crippen LogP contribution in [0.15, 0.2) is 0 Å². The molecule has 88 valence electrons. The number of Topliss-reactive ketones (excluding diaryl/α,β-unsaturated/α-hetero) is 1. The van der Waals surface area contributed by atoms with Gasteiger partial charge in [0.2, 0.25) is 0 Å². The molecule has 1 atom stereocenters. The number of hydrogen-bond donors (Lipinski definition) is 1. The van der Waals surface area contributed by atoms with Crippen LogP contribution in [0.3, 0.4) is 0 Å². The molecule has 1 saturated carbocycles. The maximum Gasteiger partial charge on any atom is 0.136 e. The summed E-state index contributed by atoms with van der Waals surface area (Å²) in [4.78, 5) is 12.0. The van der Waals surface area contributed by atoms with Crippen molar-refractivity contribution in [1.82, 2.24) is 0 Å². The molecule has 0 aromatic heterocycles. The van der Waals surface area contributed by atoms with Gasteiger partial charge in [0.1, 0.15) is 5.78 Å². The van der Waals surface area contributed by atoms with Crippen LogP contribution in [0.1, 0.15) is 58.8 Å². The lowest BCUT2D eigenvalue weighted by atomic mass is 9.70. The number of carbonyl (C=O) groups excluding carboxylic acids is 1. The zero-order valence-corrected chi connectivity index (χ0v) is 10.2. The van der Waals surface area contributed by atoms with Crippen molar-refractivity contribution in [3.63, 3.8) is 0 Å². The largest absolute Gasteiger partial charge is 0.330 e. The summed E-state index contributed by atoms with van der Waals surface area (Å²) in [7, 11) is 0. The molecule has 0 aromatic rings. The van der Waals surface area contributed by atoms with Crippen molar-refractivity contribution >= 4 is 5.78 Å². The molecular weight excluding hydrogens is 186 g/mol. The molecule has 0 aromatic carbocycles. The Hall–Kier alpha value is -0.370. The van der Waals surface area contributed by atoms with E-state index in [0.717, 1.165) is 25.7 Å². The molecule has 0 heterocycles. The Morgan fingerprint density at radius 2 is 1.93 bits per heavy atom. The molecule has 2 heteroatoms. The second-order valence-corrected chi connectivity index (χ2v) is 5.22. The van der Waals surface area contributed by atoms with Crippen LogP contribution in [0.25, 0.3) is 0 Å². The second kappa shape index (κ2) is 5.64. The van der Waals surface area contributed by atoms with Crippen LogP contribution in [0.5, 0.6) is 0 Å². The van der Waals surface area contributed by atoms with Crippen molar-refractivity contribution < 1.29 is 4.79 Å². The van der Waals surface area contributed by atoms with Gasteiger partial charge in [0.15, 0.2) is 0 Å². The average molecular weight is 211 g/mol. The number of nitrogens with two attached hydrogens (primary N) is 1. The smallest absolute Gasteiger partial charge is 0.136 e. The normalized spacial score (nSPS) is 22.3. The summed E-state index contributed by atoms with van der Waals surface area (Å²) in [5.41, 5.74) is 6.03. The summed E-state index contributed by atoms with van der Waals surface area (Å²) in [5.74, 6) is 0.639. The van der Waals surface area contributed by atoms with E-state index < -0.39 is 0 Å². The highest BCUT2D eigenvalue weighted by molar-refractivity contribution is 5.81. The van der Waals surface area contributed by atoms with Crippen LogP contribution in [0.4, 0.5) is 0 Å². The number of rotatable bonds is 5. The highest BCUT2D eigenvalue weighted by atomic mass is 16.1. The van der Waals surface area contributed by atoms with E-state index in [1.807, 2.05) is 6.92 Å². The molecule has 1 aliphatic carbocycles. The Morgan fingerprint density at radius 3 is 2.40 bits per heavy atom. The van der Waals surface area contributed by atoms with Crippen LogP contribution in [0.2, 0.25) is 0 Å². The molecule has 2 nitrogen and oxygen atoms in total. The zero-order chi connectivity index (χ0) is 11.3. The van der Waals surface area contributed by atoms with Gasteiger partial charge in [0, 0.05) is 12.3 Å². The fourth-order valence-corrected chi connectivity index (χ4v) is 2.53. The summed E-state index contributed by atoms with van der Waals surface area (Å²) in [6, 6.07) is 0. The standard InChI is InChI=1S/C13H25NO/c1-3-11(2)12(15)9-13(10-14)7-5-4-6-8-13/h11H,3-10,14H2,1-2H3. The first-order valence-electron chi connectivity index (χ1n) is 6.36. The van der Waals surface area contributed by atoms with Crippen LogP contribution in [-0.2, 0) is 4.79 Å². The Labute approximate surface area is 93.6 Å². The Balaban J connectivity index is 2.55. The van der Waals surface area contributed by atoms with E-state index in [2.05, 4.69) is 6.92 Å². The predicted molar refractivity (Wildman–Crippen MR) is 63.7 cm³/mol. The average Bonchev–Trinajstić information content (AvgIpc) is 2.29. The summed E-state index contributed by atoms with van der Waals surface area (Å²) in [6.45, 7) is 4.81. The van der Waals surface area contributed by atoms with Crippen molar-refractivity contribution in [2.75, 3.05) is 6.54 Å². The minimum absolute atomic E-state index is 0.152. The van der Waals surface area contributed by atoms with Gasteiger partial charge in [-0.2, -0.15) is 0 Å². The van der Waals surface area contributed by atoms with Gasteiger partial charge in [0.05, 0.1) is 0 Å². The van der Waals surface area contributed by atoms with Gasteiger partial charge in [0.25, 0.3) is 0 Å². The van der Waals surface area contributed by atoms with Gasteiger partial charge in [-0.3, -0.25) is 4.79 Å². The van der Waals surface area contributed by atoms with Crippen molar-refractivity contribution in [2.45, 2.75) is 58.8 Å². The summed E-state index contributed by atoms with van der Waals surface area (Å²) < 4.78 is 0. The third-order valence-electron chi connectivity index (χ3n) is 4.06. The molecule has 1 fully saturated rings. The first kappa shape index (κ1) is 12.7. The number of hydrogen-bond acceptors (Lipinski definition) is 2. The molecule has 0 aliphatic heterocycles. The topological polar surface area (TPSA) is 43.1 Å². The lowest BCUT2D eigenvalue weighted by Crippen LogP contribution is -2.36. The summed E-state index contributed by atoms with van der Waals surface area (Å²) in [6.07, 6.45) is 7.82. The monoisotopic (exact) mass is 211 g/mol. The molecule has 1 rings (SSSR count). The van der Waals surface area contributed by atoms with Gasteiger partial charge in [-0.1, -0.05) is 33.1 Å². The lowest BCUT2D eigenvalue weighted by Gasteiger charge is -2.36. The fraction of sp³-hybridized carbons (Fsp3) is 0.923. The maximum atomic E-state index is 12.0. The molecule has 15 heavy (non-hydrogen) atoms. The van der Waals surface area contributed by atoms with Gasteiger partial charge in [-0.15, -0.1) is 0 Å². The third-order valence-corrected chi connectivity index (χ3v) is 4.06. The molecule has 0 radical (unpaired) electrons. The van der Waals surface area contributed by atoms with Crippen molar-refractivity contribution in [3.8, 4) is 0 Å². The fourth-order valence-electron chi connectivity index (χ4n) is 2.53. The maximum absolute atomic E-state index is 12.0. The highest BCUT2D eigenvalue weighted by Gasteiger charge is 2.33. The van der Waals surface area contributed by atoms with Gasteiger partial charge in [-0.05, 0) is 31.2 Å². The quantitative estimate of drug-likeness (QED) is 0.760. The third kappa shape index (κ3) is 3.30. The van der Waals surface area contributed by atoms with Crippen molar-refractivity contribution in [1.29, 1.82) is 0 Å².